The highest BCUT2D eigenvalue weighted by molar-refractivity contribution is 6.02. The summed E-state index contributed by atoms with van der Waals surface area (Å²) >= 11 is 0. The second-order valence-corrected chi connectivity index (χ2v) is 9.35. The first-order chi connectivity index (χ1) is 16.8. The second-order valence-electron chi connectivity index (χ2n) is 9.35. The summed E-state index contributed by atoms with van der Waals surface area (Å²) in [6, 6.07) is 15.4. The van der Waals surface area contributed by atoms with Gasteiger partial charge in [-0.2, -0.15) is 0 Å². The largest absolute Gasteiger partial charge is 0.504 e. The van der Waals surface area contributed by atoms with E-state index in [4.69, 9.17) is 14.2 Å². The summed E-state index contributed by atoms with van der Waals surface area (Å²) in [5, 5.41) is 14.1. The zero-order valence-electron chi connectivity index (χ0n) is 20.6. The van der Waals surface area contributed by atoms with E-state index in [-0.39, 0.29) is 11.3 Å². The Kier molecular flexibility index (Phi) is 5.56. The molecule has 2 N–H and O–H groups in total. The molecule has 5 nitrogen and oxygen atoms in total. The van der Waals surface area contributed by atoms with Crippen molar-refractivity contribution in [1.82, 2.24) is 0 Å². The molecule has 2 aliphatic rings. The van der Waals surface area contributed by atoms with E-state index >= 15 is 0 Å². The molecular formula is C30H29NO4. The number of phenolic OH excluding ortho intramolecular Hbond substituents is 1. The molecule has 0 atom stereocenters. The first-order valence-corrected chi connectivity index (χ1v) is 11.6. The van der Waals surface area contributed by atoms with Gasteiger partial charge in [0.25, 0.3) is 0 Å². The standard InChI is InChI=1S/C30H29NO4/c1-6-14-34-20-9-7-8-19(15-20)16-25-27-21(28-24(35-25)13-12-23(32)29(28)33-5)10-11-22-26(27)18(2)17-30(3,4)31-22/h6-17,31-32H,1-5H3/b14-6+,25-16-. The number of methoxy groups -OCH3 is 1. The van der Waals surface area contributed by atoms with Crippen LogP contribution >= 0.6 is 0 Å². The summed E-state index contributed by atoms with van der Waals surface area (Å²) in [6.45, 7) is 8.34. The molecule has 3 aromatic carbocycles. The molecule has 0 unspecified atom stereocenters. The van der Waals surface area contributed by atoms with Gasteiger partial charge in [0.05, 0.1) is 24.5 Å². The van der Waals surface area contributed by atoms with Gasteiger partial charge in [0.2, 0.25) is 0 Å². The Labute approximate surface area is 206 Å². The van der Waals surface area contributed by atoms with E-state index in [2.05, 4.69) is 44.3 Å². The number of allylic oxidation sites excluding steroid dienone is 2. The molecule has 2 heterocycles. The first kappa shape index (κ1) is 22.7. The van der Waals surface area contributed by atoms with Crippen LogP contribution in [0.4, 0.5) is 5.69 Å². The predicted molar refractivity (Wildman–Crippen MR) is 142 cm³/mol. The lowest BCUT2D eigenvalue weighted by Crippen LogP contribution is -2.32. The summed E-state index contributed by atoms with van der Waals surface area (Å²) in [6.07, 6.45) is 7.76. The third-order valence-electron chi connectivity index (χ3n) is 6.17. The van der Waals surface area contributed by atoms with E-state index < -0.39 is 0 Å². The number of benzene rings is 3. The number of ether oxygens (including phenoxy) is 3. The summed E-state index contributed by atoms with van der Waals surface area (Å²) in [5.74, 6) is 2.57. The fourth-order valence-electron chi connectivity index (χ4n) is 4.92. The molecule has 0 bridgehead atoms. The van der Waals surface area contributed by atoms with Crippen LogP contribution in [0.2, 0.25) is 0 Å². The SMILES string of the molecule is C/C=C/Oc1cccc(/C=C2\Oc3ccc(O)c(OC)c3-c3ccc4c(c32)C(C)=CC(C)(C)N4)c1. The van der Waals surface area contributed by atoms with Crippen molar-refractivity contribution < 1.29 is 19.3 Å². The molecular weight excluding hydrogens is 438 g/mol. The molecule has 0 saturated heterocycles. The molecule has 0 fully saturated rings. The first-order valence-electron chi connectivity index (χ1n) is 11.6. The molecule has 3 aromatic rings. The molecule has 0 aromatic heterocycles. The van der Waals surface area contributed by atoms with Crippen LogP contribution in [0.15, 0.2) is 66.9 Å². The Morgan fingerprint density at radius 2 is 1.86 bits per heavy atom. The molecule has 2 aliphatic heterocycles. The van der Waals surface area contributed by atoms with Gasteiger partial charge >= 0.3 is 0 Å². The van der Waals surface area contributed by atoms with Gasteiger partial charge in [-0.05, 0) is 75.2 Å². The van der Waals surface area contributed by atoms with Crippen molar-refractivity contribution in [2.24, 2.45) is 0 Å². The maximum atomic E-state index is 10.5. The molecule has 0 aliphatic carbocycles. The summed E-state index contributed by atoms with van der Waals surface area (Å²) in [5.41, 5.74) is 6.69. The highest BCUT2D eigenvalue weighted by Crippen LogP contribution is 2.54. The predicted octanol–water partition coefficient (Wildman–Crippen LogP) is 7.48. The quantitative estimate of drug-likeness (QED) is 0.390. The lowest BCUT2D eigenvalue weighted by molar-refractivity contribution is 0.371. The monoisotopic (exact) mass is 467 g/mol. The number of hydrogen-bond acceptors (Lipinski definition) is 5. The van der Waals surface area contributed by atoms with E-state index in [1.807, 2.05) is 43.3 Å². The highest BCUT2D eigenvalue weighted by atomic mass is 16.5. The zero-order valence-corrected chi connectivity index (χ0v) is 20.6. The third-order valence-corrected chi connectivity index (χ3v) is 6.17. The van der Waals surface area contributed by atoms with Crippen molar-refractivity contribution in [2.75, 3.05) is 12.4 Å². The van der Waals surface area contributed by atoms with Crippen molar-refractivity contribution >= 4 is 23.1 Å². The average Bonchev–Trinajstić information content (AvgIpc) is 2.82. The Bertz CT molecular complexity index is 1410. The Hall–Kier alpha value is -4.12. The summed E-state index contributed by atoms with van der Waals surface area (Å²) in [4.78, 5) is 0. The van der Waals surface area contributed by atoms with Gasteiger partial charge in [-0.3, -0.25) is 0 Å². The van der Waals surface area contributed by atoms with E-state index in [9.17, 15) is 5.11 Å². The maximum absolute atomic E-state index is 10.5. The van der Waals surface area contributed by atoms with Crippen molar-refractivity contribution in [3.05, 3.63) is 83.6 Å². The van der Waals surface area contributed by atoms with Gasteiger partial charge in [0.15, 0.2) is 11.5 Å². The minimum Gasteiger partial charge on any atom is -0.504 e. The molecule has 5 heteroatoms. The lowest BCUT2D eigenvalue weighted by Gasteiger charge is -2.35. The number of fused-ring (bicyclic) bond motifs is 5. The van der Waals surface area contributed by atoms with Crippen molar-refractivity contribution in [1.29, 1.82) is 0 Å². The fraction of sp³-hybridized carbons (Fsp3) is 0.200. The van der Waals surface area contributed by atoms with Crippen LogP contribution in [0, 0.1) is 0 Å². The van der Waals surface area contributed by atoms with Crippen LogP contribution < -0.4 is 19.5 Å². The van der Waals surface area contributed by atoms with Gasteiger partial charge < -0.3 is 24.6 Å². The number of phenols is 1. The van der Waals surface area contributed by atoms with Gasteiger partial charge in [0.1, 0.15) is 17.3 Å². The number of hydrogen-bond donors (Lipinski definition) is 2. The Balaban J connectivity index is 1.77. The molecule has 0 radical (unpaired) electrons. The minimum absolute atomic E-state index is 0.0753. The van der Waals surface area contributed by atoms with Gasteiger partial charge in [-0.15, -0.1) is 0 Å². The Morgan fingerprint density at radius 1 is 1.03 bits per heavy atom. The summed E-state index contributed by atoms with van der Waals surface area (Å²) < 4.78 is 17.8. The molecule has 5 rings (SSSR count). The second kappa shape index (κ2) is 8.58. The Morgan fingerprint density at radius 3 is 2.63 bits per heavy atom. The number of aromatic hydroxyl groups is 1. The van der Waals surface area contributed by atoms with Crippen LogP contribution in [0.3, 0.4) is 0 Å². The summed E-state index contributed by atoms with van der Waals surface area (Å²) in [7, 11) is 1.56. The van der Waals surface area contributed by atoms with E-state index in [0.29, 0.717) is 11.5 Å². The van der Waals surface area contributed by atoms with E-state index in [1.54, 1.807) is 25.5 Å². The van der Waals surface area contributed by atoms with E-state index in [0.717, 1.165) is 50.6 Å². The minimum atomic E-state index is -0.170. The smallest absolute Gasteiger partial charge is 0.172 e. The number of anilines is 1. The van der Waals surface area contributed by atoms with Crippen molar-refractivity contribution in [3.8, 4) is 34.1 Å². The molecule has 35 heavy (non-hydrogen) atoms. The van der Waals surface area contributed by atoms with Gasteiger partial charge in [0, 0.05) is 22.4 Å². The normalized spacial score (nSPS) is 16.5. The van der Waals surface area contributed by atoms with Crippen LogP contribution in [0.1, 0.15) is 44.4 Å². The third kappa shape index (κ3) is 4.03. The molecule has 0 amide bonds. The maximum Gasteiger partial charge on any atom is 0.172 e. The topological polar surface area (TPSA) is 60.0 Å². The zero-order chi connectivity index (χ0) is 24.7. The number of nitrogens with one attached hydrogen (secondary N) is 1. The van der Waals surface area contributed by atoms with Crippen LogP contribution in [0.5, 0.6) is 23.0 Å². The van der Waals surface area contributed by atoms with Gasteiger partial charge in [-0.1, -0.05) is 30.4 Å². The number of rotatable bonds is 4. The molecule has 178 valence electrons. The lowest BCUT2D eigenvalue weighted by atomic mass is 9.83. The van der Waals surface area contributed by atoms with Crippen LogP contribution in [-0.4, -0.2) is 17.8 Å². The highest BCUT2D eigenvalue weighted by Gasteiger charge is 2.33. The van der Waals surface area contributed by atoms with Crippen LogP contribution in [-0.2, 0) is 0 Å². The molecule has 0 saturated carbocycles. The average molecular weight is 468 g/mol. The van der Waals surface area contributed by atoms with Crippen LogP contribution in [0.25, 0.3) is 28.5 Å². The van der Waals surface area contributed by atoms with Crippen molar-refractivity contribution in [3.63, 3.8) is 0 Å². The molecule has 0 spiro atoms. The van der Waals surface area contributed by atoms with Gasteiger partial charge in [-0.25, -0.2) is 0 Å². The van der Waals surface area contributed by atoms with E-state index in [1.165, 1.54) is 0 Å². The fourth-order valence-corrected chi connectivity index (χ4v) is 4.92. The van der Waals surface area contributed by atoms with Crippen molar-refractivity contribution in [2.45, 2.75) is 33.2 Å².